The van der Waals surface area contributed by atoms with Crippen molar-refractivity contribution < 1.29 is 23.8 Å². The summed E-state index contributed by atoms with van der Waals surface area (Å²) in [5, 5.41) is 5.38. The number of nitrogens with one attached hydrogen (secondary N) is 2. The lowest BCUT2D eigenvalue weighted by molar-refractivity contribution is 0.0179. The van der Waals surface area contributed by atoms with Crippen molar-refractivity contribution in [3.63, 3.8) is 0 Å². The van der Waals surface area contributed by atoms with Gasteiger partial charge in [-0.1, -0.05) is 30.3 Å². The highest BCUT2D eigenvalue weighted by Gasteiger charge is 2.55. The van der Waals surface area contributed by atoms with Crippen molar-refractivity contribution in [1.29, 1.82) is 0 Å². The summed E-state index contributed by atoms with van der Waals surface area (Å²) in [6.45, 7) is 6.09. The van der Waals surface area contributed by atoms with Crippen LogP contribution in [0.2, 0.25) is 0 Å². The summed E-state index contributed by atoms with van der Waals surface area (Å²) < 4.78 is 16.6. The van der Waals surface area contributed by atoms with Crippen LogP contribution in [0.15, 0.2) is 36.9 Å². The van der Waals surface area contributed by atoms with Crippen molar-refractivity contribution in [3.05, 3.63) is 48.0 Å². The van der Waals surface area contributed by atoms with Gasteiger partial charge in [-0.15, -0.1) is 6.58 Å². The van der Waals surface area contributed by atoms with Crippen molar-refractivity contribution in [3.8, 4) is 0 Å². The zero-order valence-electron chi connectivity index (χ0n) is 14.1. The zero-order chi connectivity index (χ0) is 17.8. The third-order valence-corrected chi connectivity index (χ3v) is 4.28. The van der Waals surface area contributed by atoms with E-state index < -0.39 is 30.4 Å². The van der Waals surface area contributed by atoms with E-state index in [-0.39, 0.29) is 12.7 Å². The Labute approximate surface area is 146 Å². The van der Waals surface area contributed by atoms with Crippen molar-refractivity contribution in [2.24, 2.45) is 0 Å². The number of amides is 2. The maximum absolute atomic E-state index is 12.0. The molecule has 4 atom stereocenters. The van der Waals surface area contributed by atoms with Crippen molar-refractivity contribution in [2.45, 2.75) is 37.7 Å². The van der Waals surface area contributed by atoms with Crippen LogP contribution in [-0.4, -0.2) is 37.5 Å². The Kier molecular flexibility index (Phi) is 5.23. The third kappa shape index (κ3) is 3.46. The summed E-state index contributed by atoms with van der Waals surface area (Å²) in [7, 11) is 0. The third-order valence-electron chi connectivity index (χ3n) is 4.28. The van der Waals surface area contributed by atoms with Gasteiger partial charge in [-0.25, -0.2) is 9.59 Å². The zero-order valence-corrected chi connectivity index (χ0v) is 14.1. The van der Waals surface area contributed by atoms with E-state index in [0.717, 1.165) is 11.1 Å². The van der Waals surface area contributed by atoms with E-state index in [2.05, 4.69) is 17.2 Å². The topological polar surface area (TPSA) is 85.9 Å². The molecule has 0 radical (unpaired) electrons. The second kappa shape index (κ2) is 7.57. The monoisotopic (exact) mass is 346 g/mol. The molecule has 1 fully saturated rings. The molecule has 1 aromatic carbocycles. The predicted molar refractivity (Wildman–Crippen MR) is 90.0 cm³/mol. The lowest BCUT2D eigenvalue weighted by Gasteiger charge is -2.29. The molecule has 0 aromatic heterocycles. The number of carbonyl (C=O) groups excluding carboxylic acids is 2. The summed E-state index contributed by atoms with van der Waals surface area (Å²) in [5.41, 5.74) is 1.99. The second-order valence-electron chi connectivity index (χ2n) is 5.89. The van der Waals surface area contributed by atoms with E-state index in [1.165, 1.54) is 0 Å². The highest BCUT2D eigenvalue weighted by Crippen LogP contribution is 2.51. The number of benzene rings is 1. The Bertz CT molecular complexity index is 663. The fourth-order valence-corrected chi connectivity index (χ4v) is 3.24. The van der Waals surface area contributed by atoms with Gasteiger partial charge in [0.1, 0.15) is 18.2 Å². The quantitative estimate of drug-likeness (QED) is 0.611. The summed E-state index contributed by atoms with van der Waals surface area (Å²) in [6, 6.07) is 7.24. The van der Waals surface area contributed by atoms with Gasteiger partial charge in [-0.05, 0) is 24.5 Å². The van der Waals surface area contributed by atoms with Crippen LogP contribution >= 0.6 is 0 Å². The van der Waals surface area contributed by atoms with Gasteiger partial charge in [0.15, 0.2) is 6.10 Å². The predicted octanol–water partition coefficient (Wildman–Crippen LogP) is 2.60. The van der Waals surface area contributed by atoms with Crippen molar-refractivity contribution in [1.82, 2.24) is 10.6 Å². The number of hydrogen-bond acceptors (Lipinski definition) is 5. The van der Waals surface area contributed by atoms with E-state index >= 15 is 0 Å². The fourth-order valence-electron chi connectivity index (χ4n) is 3.24. The lowest BCUT2D eigenvalue weighted by atomic mass is 9.86. The fraction of sp³-hybridized carbons (Fsp3) is 0.444. The van der Waals surface area contributed by atoms with E-state index in [1.54, 1.807) is 13.0 Å². The van der Waals surface area contributed by atoms with Crippen LogP contribution in [-0.2, 0) is 14.2 Å². The molecule has 0 aliphatic carbocycles. The summed E-state index contributed by atoms with van der Waals surface area (Å²) in [4.78, 5) is 23.9. The molecule has 25 heavy (non-hydrogen) atoms. The standard InChI is InChI=1S/C18H22N2O5/c1-3-5-10-23-18(22)20-13-14-11-8-6-7-9-12(11)15(24-14)16(13)25-17(21)19-4-2/h3,6-9,13-16H,1,4-5,10H2,2H3,(H,19,21)(H,20,22)/t13-,14+,15-,16+/m1/s1. The van der Waals surface area contributed by atoms with Crippen molar-refractivity contribution >= 4 is 12.2 Å². The van der Waals surface area contributed by atoms with Gasteiger partial charge in [0.2, 0.25) is 0 Å². The highest BCUT2D eigenvalue weighted by atomic mass is 16.6. The Morgan fingerprint density at radius 1 is 1.24 bits per heavy atom. The normalized spacial score (nSPS) is 25.8. The van der Waals surface area contributed by atoms with Crippen LogP contribution < -0.4 is 10.6 Å². The number of rotatable bonds is 6. The number of hydrogen-bond donors (Lipinski definition) is 2. The molecule has 3 rings (SSSR count). The molecular weight excluding hydrogens is 324 g/mol. The molecule has 0 spiro atoms. The molecule has 7 heteroatoms. The van der Waals surface area contributed by atoms with Gasteiger partial charge in [0.05, 0.1) is 6.61 Å². The van der Waals surface area contributed by atoms with E-state index in [1.807, 2.05) is 24.3 Å². The first-order valence-corrected chi connectivity index (χ1v) is 8.38. The largest absolute Gasteiger partial charge is 0.449 e. The van der Waals surface area contributed by atoms with Crippen LogP contribution in [0.3, 0.4) is 0 Å². The van der Waals surface area contributed by atoms with Crippen LogP contribution in [0.5, 0.6) is 0 Å². The van der Waals surface area contributed by atoms with Gasteiger partial charge < -0.3 is 24.8 Å². The Balaban J connectivity index is 1.75. The minimum absolute atomic E-state index is 0.245. The first-order chi connectivity index (χ1) is 12.2. The summed E-state index contributed by atoms with van der Waals surface area (Å²) in [6.07, 6.45) is -0.237. The maximum Gasteiger partial charge on any atom is 0.407 e. The molecule has 2 N–H and O–H groups in total. The smallest absolute Gasteiger partial charge is 0.407 e. The molecule has 2 bridgehead atoms. The van der Waals surface area contributed by atoms with Crippen LogP contribution in [0.1, 0.15) is 36.7 Å². The summed E-state index contributed by atoms with van der Waals surface area (Å²) in [5.74, 6) is 0. The number of ether oxygens (including phenoxy) is 3. The van der Waals surface area contributed by atoms with Gasteiger partial charge in [-0.2, -0.15) is 0 Å². The first-order valence-electron chi connectivity index (χ1n) is 8.38. The van der Waals surface area contributed by atoms with E-state index in [4.69, 9.17) is 14.2 Å². The van der Waals surface area contributed by atoms with Gasteiger partial charge in [0, 0.05) is 6.54 Å². The average Bonchev–Trinajstić information content (AvgIpc) is 3.13. The van der Waals surface area contributed by atoms with Gasteiger partial charge in [0.25, 0.3) is 0 Å². The van der Waals surface area contributed by atoms with Gasteiger partial charge >= 0.3 is 12.2 Å². The first kappa shape index (κ1) is 17.3. The van der Waals surface area contributed by atoms with Gasteiger partial charge in [-0.3, -0.25) is 0 Å². The molecule has 2 aliphatic rings. The van der Waals surface area contributed by atoms with E-state index in [0.29, 0.717) is 13.0 Å². The van der Waals surface area contributed by atoms with Crippen molar-refractivity contribution in [2.75, 3.05) is 13.2 Å². The molecule has 2 amide bonds. The molecule has 7 nitrogen and oxygen atoms in total. The molecule has 134 valence electrons. The minimum Gasteiger partial charge on any atom is -0.449 e. The maximum atomic E-state index is 12.0. The van der Waals surface area contributed by atoms with Crippen LogP contribution in [0.25, 0.3) is 0 Å². The average molecular weight is 346 g/mol. The van der Waals surface area contributed by atoms with Crippen LogP contribution in [0.4, 0.5) is 9.59 Å². The Morgan fingerprint density at radius 2 is 1.96 bits per heavy atom. The number of alkyl carbamates (subject to hydrolysis) is 2. The molecule has 0 unspecified atom stereocenters. The lowest BCUT2D eigenvalue weighted by Crippen LogP contribution is -2.49. The minimum atomic E-state index is -0.613. The molecular formula is C18H22N2O5. The van der Waals surface area contributed by atoms with E-state index in [9.17, 15) is 9.59 Å². The highest BCUT2D eigenvalue weighted by molar-refractivity contribution is 5.70. The molecule has 0 saturated carbocycles. The molecule has 2 heterocycles. The number of carbonyl (C=O) groups is 2. The SMILES string of the molecule is C=CCCOC(=O)N[C@H]1[C@H](OC(=O)NCC)[C@@H]2O[C@H]1c1ccccc12. The molecule has 2 aliphatic heterocycles. The van der Waals surface area contributed by atoms with Crippen LogP contribution in [0, 0.1) is 0 Å². The number of fused-ring (bicyclic) bond motifs is 5. The summed E-state index contributed by atoms with van der Waals surface area (Å²) >= 11 is 0. The Hall–Kier alpha value is -2.54. The molecule has 1 aromatic rings. The Morgan fingerprint density at radius 3 is 2.64 bits per heavy atom. The molecule has 1 saturated heterocycles. The second-order valence-corrected chi connectivity index (χ2v) is 5.89.